The number of amides is 2. The van der Waals surface area contributed by atoms with Gasteiger partial charge in [-0.05, 0) is 37.4 Å². The van der Waals surface area contributed by atoms with E-state index in [0.717, 1.165) is 0 Å². The number of carbonyl (C=O) groups excluding carboxylic acids is 2. The van der Waals surface area contributed by atoms with E-state index in [4.69, 9.17) is 16.0 Å². The summed E-state index contributed by atoms with van der Waals surface area (Å²) in [6.07, 6.45) is 1.42. The third kappa shape index (κ3) is 4.58. The maximum Gasteiger partial charge on any atom is 0.291 e. The summed E-state index contributed by atoms with van der Waals surface area (Å²) in [5, 5.41) is 8.70. The quantitative estimate of drug-likeness (QED) is 0.757. The highest BCUT2D eigenvalue weighted by Gasteiger charge is 2.14. The summed E-state index contributed by atoms with van der Waals surface area (Å²) < 4.78 is 5.01. The molecule has 2 amide bonds. The zero-order chi connectivity index (χ0) is 16.8. The predicted molar refractivity (Wildman–Crippen MR) is 89.8 cm³/mol. The Morgan fingerprint density at radius 1 is 1.26 bits per heavy atom. The Balaban J connectivity index is 2.03. The minimum absolute atomic E-state index is 0.109. The number of furan rings is 1. The average Bonchev–Trinajstić information content (AvgIpc) is 3.04. The van der Waals surface area contributed by atoms with Gasteiger partial charge in [-0.1, -0.05) is 18.5 Å². The summed E-state index contributed by atoms with van der Waals surface area (Å²) in [7, 11) is 1.79. The largest absolute Gasteiger partial charge is 0.459 e. The second-order valence-electron chi connectivity index (χ2n) is 5.07. The average molecular weight is 336 g/mol. The first-order valence-electron chi connectivity index (χ1n) is 7.11. The molecule has 0 radical (unpaired) electrons. The monoisotopic (exact) mass is 335 g/mol. The van der Waals surface area contributed by atoms with Crippen LogP contribution in [0.5, 0.6) is 0 Å². The Labute approximate surface area is 139 Å². The van der Waals surface area contributed by atoms with Gasteiger partial charge in [0.1, 0.15) is 0 Å². The molecule has 0 saturated heterocycles. The lowest BCUT2D eigenvalue weighted by atomic mass is 10.1. The van der Waals surface area contributed by atoms with E-state index in [-0.39, 0.29) is 17.6 Å². The zero-order valence-electron chi connectivity index (χ0n) is 12.9. The molecule has 1 unspecified atom stereocenters. The van der Waals surface area contributed by atoms with Gasteiger partial charge in [0.15, 0.2) is 5.76 Å². The summed E-state index contributed by atoms with van der Waals surface area (Å²) >= 11 is 6.15. The van der Waals surface area contributed by atoms with Crippen molar-refractivity contribution in [2.24, 2.45) is 5.92 Å². The molecule has 3 N–H and O–H groups in total. The van der Waals surface area contributed by atoms with E-state index in [2.05, 4.69) is 16.0 Å². The van der Waals surface area contributed by atoms with Crippen LogP contribution in [-0.4, -0.2) is 25.4 Å². The number of hydrogen-bond donors (Lipinski definition) is 3. The van der Waals surface area contributed by atoms with E-state index >= 15 is 0 Å². The first kappa shape index (κ1) is 17.1. The van der Waals surface area contributed by atoms with Gasteiger partial charge in [-0.2, -0.15) is 0 Å². The smallest absolute Gasteiger partial charge is 0.291 e. The van der Waals surface area contributed by atoms with Crippen LogP contribution < -0.4 is 16.0 Å². The first-order chi connectivity index (χ1) is 11.0. The molecule has 1 aromatic heterocycles. The lowest BCUT2D eigenvalue weighted by Gasteiger charge is -2.13. The van der Waals surface area contributed by atoms with Crippen LogP contribution in [0, 0.1) is 5.92 Å². The molecule has 2 aromatic rings. The minimum atomic E-state index is -0.392. The standard InChI is InChI=1S/C16H18ClN3O3/c1-10(9-18-2)15(21)19-11-5-6-13(12(17)8-11)20-16(22)14-4-3-7-23-14/h3-8,10,18H,9H2,1-2H3,(H,19,21)(H,20,22). The number of hydrogen-bond acceptors (Lipinski definition) is 4. The molecule has 0 aliphatic heterocycles. The van der Waals surface area contributed by atoms with Crippen LogP contribution in [-0.2, 0) is 4.79 Å². The van der Waals surface area contributed by atoms with Gasteiger partial charge in [-0.3, -0.25) is 9.59 Å². The Bertz CT molecular complexity index is 686. The van der Waals surface area contributed by atoms with Crippen molar-refractivity contribution >= 4 is 34.8 Å². The second-order valence-corrected chi connectivity index (χ2v) is 5.48. The summed E-state index contributed by atoms with van der Waals surface area (Å²) in [5.41, 5.74) is 1.01. The number of rotatable bonds is 6. The minimum Gasteiger partial charge on any atom is -0.459 e. The van der Waals surface area contributed by atoms with Crippen molar-refractivity contribution in [1.82, 2.24) is 5.32 Å². The summed E-state index contributed by atoms with van der Waals surface area (Å²) in [5.74, 6) is -0.476. The van der Waals surface area contributed by atoms with Crippen molar-refractivity contribution in [2.45, 2.75) is 6.92 Å². The maximum absolute atomic E-state index is 12.0. The van der Waals surface area contributed by atoms with Crippen LogP contribution in [0.3, 0.4) is 0 Å². The SMILES string of the molecule is CNCC(C)C(=O)Nc1ccc(NC(=O)c2ccco2)c(Cl)c1. The van der Waals surface area contributed by atoms with Crippen LogP contribution >= 0.6 is 11.6 Å². The molecule has 0 bridgehead atoms. The molecule has 6 nitrogen and oxygen atoms in total. The topological polar surface area (TPSA) is 83.4 Å². The number of carbonyl (C=O) groups is 2. The second kappa shape index (κ2) is 7.80. The van der Waals surface area contributed by atoms with Gasteiger partial charge in [-0.25, -0.2) is 0 Å². The predicted octanol–water partition coefficient (Wildman–Crippen LogP) is 2.98. The first-order valence-corrected chi connectivity index (χ1v) is 7.49. The lowest BCUT2D eigenvalue weighted by Crippen LogP contribution is -2.28. The molecular weight excluding hydrogens is 318 g/mol. The van der Waals surface area contributed by atoms with Crippen LogP contribution in [0.2, 0.25) is 5.02 Å². The summed E-state index contributed by atoms with van der Waals surface area (Å²) in [6, 6.07) is 8.07. The van der Waals surface area contributed by atoms with Gasteiger partial charge in [0.2, 0.25) is 5.91 Å². The Morgan fingerprint density at radius 2 is 2.04 bits per heavy atom. The molecule has 0 spiro atoms. The fourth-order valence-corrected chi connectivity index (χ4v) is 2.18. The molecule has 7 heteroatoms. The van der Waals surface area contributed by atoms with Crippen molar-refractivity contribution in [3.8, 4) is 0 Å². The molecule has 0 aliphatic rings. The van der Waals surface area contributed by atoms with Crippen LogP contribution in [0.4, 0.5) is 11.4 Å². The Morgan fingerprint density at radius 3 is 2.65 bits per heavy atom. The third-order valence-corrected chi connectivity index (χ3v) is 3.50. The van der Waals surface area contributed by atoms with Crippen molar-refractivity contribution in [3.63, 3.8) is 0 Å². The van der Waals surface area contributed by atoms with Crippen molar-refractivity contribution in [2.75, 3.05) is 24.2 Å². The van der Waals surface area contributed by atoms with E-state index in [0.29, 0.717) is 22.9 Å². The molecule has 1 heterocycles. The van der Waals surface area contributed by atoms with E-state index in [1.165, 1.54) is 6.26 Å². The molecule has 23 heavy (non-hydrogen) atoms. The molecule has 0 aliphatic carbocycles. The highest BCUT2D eigenvalue weighted by Crippen LogP contribution is 2.26. The Hall–Kier alpha value is -2.31. The van der Waals surface area contributed by atoms with Crippen LogP contribution in [0.1, 0.15) is 17.5 Å². The van der Waals surface area contributed by atoms with E-state index in [1.807, 2.05) is 6.92 Å². The van der Waals surface area contributed by atoms with Crippen molar-refractivity contribution in [3.05, 3.63) is 47.4 Å². The zero-order valence-corrected chi connectivity index (χ0v) is 13.6. The molecule has 2 rings (SSSR count). The summed E-state index contributed by atoms with van der Waals surface area (Å²) in [4.78, 5) is 23.9. The number of halogens is 1. The fraction of sp³-hybridized carbons (Fsp3) is 0.250. The van der Waals surface area contributed by atoms with E-state index < -0.39 is 5.91 Å². The molecule has 122 valence electrons. The number of nitrogens with one attached hydrogen (secondary N) is 3. The molecule has 0 fully saturated rings. The van der Waals surface area contributed by atoms with Gasteiger partial charge in [0.25, 0.3) is 5.91 Å². The highest BCUT2D eigenvalue weighted by molar-refractivity contribution is 6.34. The highest BCUT2D eigenvalue weighted by atomic mass is 35.5. The van der Waals surface area contributed by atoms with Gasteiger partial charge in [0.05, 0.1) is 17.0 Å². The van der Waals surface area contributed by atoms with E-state index in [1.54, 1.807) is 37.4 Å². The number of benzene rings is 1. The lowest BCUT2D eigenvalue weighted by molar-refractivity contribution is -0.119. The fourth-order valence-electron chi connectivity index (χ4n) is 1.95. The maximum atomic E-state index is 12.0. The molecule has 0 saturated carbocycles. The Kier molecular flexibility index (Phi) is 5.78. The molecule has 1 atom stereocenters. The molecular formula is C16H18ClN3O3. The van der Waals surface area contributed by atoms with Crippen LogP contribution in [0.15, 0.2) is 41.0 Å². The van der Waals surface area contributed by atoms with Gasteiger partial charge in [0, 0.05) is 18.2 Å². The van der Waals surface area contributed by atoms with Crippen LogP contribution in [0.25, 0.3) is 0 Å². The van der Waals surface area contributed by atoms with Crippen molar-refractivity contribution in [1.29, 1.82) is 0 Å². The third-order valence-electron chi connectivity index (χ3n) is 3.19. The number of anilines is 2. The van der Waals surface area contributed by atoms with Gasteiger partial charge < -0.3 is 20.4 Å². The normalized spacial score (nSPS) is 11.8. The van der Waals surface area contributed by atoms with Gasteiger partial charge >= 0.3 is 0 Å². The molecule has 1 aromatic carbocycles. The van der Waals surface area contributed by atoms with Gasteiger partial charge in [-0.15, -0.1) is 0 Å². The van der Waals surface area contributed by atoms with E-state index in [9.17, 15) is 9.59 Å². The summed E-state index contributed by atoms with van der Waals surface area (Å²) in [6.45, 7) is 2.41. The van der Waals surface area contributed by atoms with Crippen molar-refractivity contribution < 1.29 is 14.0 Å².